The van der Waals surface area contributed by atoms with Gasteiger partial charge in [0.2, 0.25) is 5.91 Å². The van der Waals surface area contributed by atoms with Crippen LogP contribution in [0.25, 0.3) is 0 Å². The monoisotopic (exact) mass is 301 g/mol. The van der Waals surface area contributed by atoms with Crippen molar-refractivity contribution >= 4 is 5.91 Å². The molecule has 3 rings (SSSR count). The van der Waals surface area contributed by atoms with E-state index in [9.17, 15) is 9.90 Å². The van der Waals surface area contributed by atoms with Gasteiger partial charge in [0.1, 0.15) is 0 Å². The average molecular weight is 301 g/mol. The molecule has 0 bridgehead atoms. The first-order valence-electron chi connectivity index (χ1n) is 8.72. The van der Waals surface area contributed by atoms with Crippen LogP contribution < -0.4 is 5.32 Å². The molecule has 2 saturated carbocycles. The molecule has 2 fully saturated rings. The van der Waals surface area contributed by atoms with Crippen LogP contribution in [0.3, 0.4) is 0 Å². The van der Waals surface area contributed by atoms with Gasteiger partial charge < -0.3 is 10.4 Å². The summed E-state index contributed by atoms with van der Waals surface area (Å²) in [4.78, 5) is 12.1. The zero-order valence-electron chi connectivity index (χ0n) is 13.2. The van der Waals surface area contributed by atoms with Crippen LogP contribution in [0, 0.1) is 11.8 Å². The van der Waals surface area contributed by atoms with Crippen LogP contribution in [0.1, 0.15) is 50.5 Å². The van der Waals surface area contributed by atoms with Crippen molar-refractivity contribution in [2.45, 2.75) is 63.5 Å². The van der Waals surface area contributed by atoms with Crippen molar-refractivity contribution in [1.29, 1.82) is 0 Å². The summed E-state index contributed by atoms with van der Waals surface area (Å²) in [5.41, 5.74) is 1.40. The third kappa shape index (κ3) is 4.57. The lowest BCUT2D eigenvalue weighted by molar-refractivity contribution is -0.122. The van der Waals surface area contributed by atoms with Crippen LogP contribution in [0.4, 0.5) is 0 Å². The summed E-state index contributed by atoms with van der Waals surface area (Å²) in [7, 11) is 0. The first kappa shape index (κ1) is 15.5. The molecule has 2 unspecified atom stereocenters. The Kier molecular flexibility index (Phi) is 5.14. The van der Waals surface area contributed by atoms with Gasteiger partial charge in [-0.1, -0.05) is 30.3 Å². The molecule has 2 atom stereocenters. The zero-order chi connectivity index (χ0) is 15.4. The van der Waals surface area contributed by atoms with E-state index in [0.717, 1.165) is 38.0 Å². The molecule has 2 aliphatic carbocycles. The Balaban J connectivity index is 1.32. The highest BCUT2D eigenvalue weighted by atomic mass is 16.3. The molecule has 120 valence electrons. The van der Waals surface area contributed by atoms with Crippen molar-refractivity contribution in [3.63, 3.8) is 0 Å². The van der Waals surface area contributed by atoms with Crippen LogP contribution in [-0.2, 0) is 11.2 Å². The average Bonchev–Trinajstić information content (AvgIpc) is 3.26. The van der Waals surface area contributed by atoms with Gasteiger partial charge in [-0.05, 0) is 62.3 Å². The molecule has 0 saturated heterocycles. The molecule has 1 amide bonds. The maximum Gasteiger partial charge on any atom is 0.220 e. The Morgan fingerprint density at radius 1 is 1.09 bits per heavy atom. The summed E-state index contributed by atoms with van der Waals surface area (Å²) in [5, 5.41) is 12.6. The second kappa shape index (κ2) is 7.28. The molecular weight excluding hydrogens is 274 g/mol. The lowest BCUT2D eigenvalue weighted by Gasteiger charge is -2.26. The lowest BCUT2D eigenvalue weighted by atomic mass is 9.93. The summed E-state index contributed by atoms with van der Waals surface area (Å²) < 4.78 is 0. The fourth-order valence-corrected chi connectivity index (χ4v) is 3.66. The van der Waals surface area contributed by atoms with Gasteiger partial charge in [0.25, 0.3) is 0 Å². The van der Waals surface area contributed by atoms with Crippen molar-refractivity contribution in [3.8, 4) is 0 Å². The van der Waals surface area contributed by atoms with Crippen molar-refractivity contribution in [3.05, 3.63) is 35.9 Å². The second-order valence-corrected chi connectivity index (χ2v) is 7.06. The van der Waals surface area contributed by atoms with Crippen LogP contribution in [-0.4, -0.2) is 23.2 Å². The Bertz CT molecular complexity index is 479. The number of hydrogen-bond acceptors (Lipinski definition) is 2. The van der Waals surface area contributed by atoms with E-state index in [4.69, 9.17) is 0 Å². The maximum absolute atomic E-state index is 12.1. The fraction of sp³-hybridized carbons (Fsp3) is 0.632. The molecule has 1 aromatic rings. The number of carbonyl (C=O) groups excluding carboxylic acids is 1. The van der Waals surface area contributed by atoms with E-state index >= 15 is 0 Å². The van der Waals surface area contributed by atoms with E-state index in [0.29, 0.717) is 12.3 Å². The minimum atomic E-state index is -0.154. The van der Waals surface area contributed by atoms with Crippen LogP contribution >= 0.6 is 0 Å². The van der Waals surface area contributed by atoms with Crippen LogP contribution in [0.2, 0.25) is 0 Å². The third-order valence-corrected chi connectivity index (χ3v) is 5.23. The van der Waals surface area contributed by atoms with Crippen molar-refractivity contribution < 1.29 is 9.90 Å². The number of rotatable bonds is 6. The molecule has 0 aliphatic heterocycles. The molecule has 0 aromatic heterocycles. The first-order valence-corrected chi connectivity index (χ1v) is 8.72. The molecule has 0 radical (unpaired) electrons. The predicted octanol–water partition coefficient (Wildman–Crippen LogP) is 3.07. The fourth-order valence-electron chi connectivity index (χ4n) is 3.66. The quantitative estimate of drug-likeness (QED) is 0.848. The number of carbonyl (C=O) groups is 1. The lowest BCUT2D eigenvalue weighted by Crippen LogP contribution is -2.38. The van der Waals surface area contributed by atoms with Crippen molar-refractivity contribution in [1.82, 2.24) is 5.32 Å². The van der Waals surface area contributed by atoms with Gasteiger partial charge in [0.15, 0.2) is 0 Å². The normalized spacial score (nSPS) is 30.8. The predicted molar refractivity (Wildman–Crippen MR) is 87.4 cm³/mol. The summed E-state index contributed by atoms with van der Waals surface area (Å²) in [6.45, 7) is 0. The topological polar surface area (TPSA) is 49.3 Å². The first-order chi connectivity index (χ1) is 10.7. The van der Waals surface area contributed by atoms with Gasteiger partial charge in [0.05, 0.1) is 6.10 Å². The Morgan fingerprint density at radius 2 is 1.82 bits per heavy atom. The maximum atomic E-state index is 12.1. The van der Waals surface area contributed by atoms with E-state index in [-0.39, 0.29) is 18.1 Å². The number of amides is 1. The summed E-state index contributed by atoms with van der Waals surface area (Å²) in [5.74, 6) is 1.55. The molecule has 3 heteroatoms. The molecular formula is C19H27NO2. The van der Waals surface area contributed by atoms with Gasteiger partial charge in [-0.3, -0.25) is 4.79 Å². The van der Waals surface area contributed by atoms with E-state index < -0.39 is 0 Å². The summed E-state index contributed by atoms with van der Waals surface area (Å²) >= 11 is 0. The van der Waals surface area contributed by atoms with Crippen LogP contribution in [0.15, 0.2) is 30.3 Å². The van der Waals surface area contributed by atoms with Crippen molar-refractivity contribution in [2.24, 2.45) is 11.8 Å². The minimum Gasteiger partial charge on any atom is -0.393 e. The van der Waals surface area contributed by atoms with E-state index in [1.165, 1.54) is 18.4 Å². The Hall–Kier alpha value is -1.35. The number of aliphatic hydroxyl groups excluding tert-OH is 1. The highest BCUT2D eigenvalue weighted by Gasteiger charge is 2.38. The number of hydrogen-bond donors (Lipinski definition) is 2. The van der Waals surface area contributed by atoms with E-state index in [1.54, 1.807) is 0 Å². The molecule has 0 spiro atoms. The molecule has 2 aliphatic rings. The largest absolute Gasteiger partial charge is 0.393 e. The highest BCUT2D eigenvalue weighted by molar-refractivity contribution is 5.76. The second-order valence-electron chi connectivity index (χ2n) is 7.06. The molecule has 22 heavy (non-hydrogen) atoms. The standard InChI is InChI=1S/C19H27NO2/c21-18-10-8-17(9-11-18)20-19(22)13-16-12-15(16)7-6-14-4-2-1-3-5-14/h1-5,15-18,21H,6-13H2,(H,20,22)/t15?,16?,17-,18-. The molecule has 0 heterocycles. The van der Waals surface area contributed by atoms with Gasteiger partial charge in [-0.15, -0.1) is 0 Å². The van der Waals surface area contributed by atoms with Gasteiger partial charge in [-0.25, -0.2) is 0 Å². The van der Waals surface area contributed by atoms with E-state index in [2.05, 4.69) is 35.6 Å². The van der Waals surface area contributed by atoms with Crippen molar-refractivity contribution in [2.75, 3.05) is 0 Å². The molecule has 1 aromatic carbocycles. The number of nitrogens with one attached hydrogen (secondary N) is 1. The smallest absolute Gasteiger partial charge is 0.220 e. The summed E-state index contributed by atoms with van der Waals surface area (Å²) in [6.07, 6.45) is 7.59. The van der Waals surface area contributed by atoms with Gasteiger partial charge in [0, 0.05) is 12.5 Å². The highest BCUT2D eigenvalue weighted by Crippen LogP contribution is 2.44. The number of benzene rings is 1. The van der Waals surface area contributed by atoms with Gasteiger partial charge >= 0.3 is 0 Å². The zero-order valence-corrected chi connectivity index (χ0v) is 13.2. The molecule has 3 nitrogen and oxygen atoms in total. The SMILES string of the molecule is O=C(CC1CC1CCc1ccccc1)N[C@H]1CC[C@H](O)CC1. The van der Waals surface area contributed by atoms with E-state index in [1.807, 2.05) is 0 Å². The Morgan fingerprint density at radius 3 is 2.55 bits per heavy atom. The van der Waals surface area contributed by atoms with Gasteiger partial charge in [-0.2, -0.15) is 0 Å². The third-order valence-electron chi connectivity index (χ3n) is 5.23. The number of aliphatic hydroxyl groups is 1. The summed E-state index contributed by atoms with van der Waals surface area (Å²) in [6, 6.07) is 10.9. The van der Waals surface area contributed by atoms with Crippen LogP contribution in [0.5, 0.6) is 0 Å². The number of aryl methyl sites for hydroxylation is 1. The minimum absolute atomic E-state index is 0.154. The molecule has 2 N–H and O–H groups in total. The Labute approximate surface area is 133 Å².